The van der Waals surface area contributed by atoms with Gasteiger partial charge in [-0.25, -0.2) is 13.9 Å². The highest BCUT2D eigenvalue weighted by Gasteiger charge is 2.21. The van der Waals surface area contributed by atoms with Crippen LogP contribution in [0.5, 0.6) is 5.75 Å². The Morgan fingerprint density at radius 2 is 1.94 bits per heavy atom. The van der Waals surface area contributed by atoms with Crippen LogP contribution in [0.2, 0.25) is 0 Å². The third-order valence-corrected chi connectivity index (χ3v) is 4.73. The third kappa shape index (κ3) is 6.11. The summed E-state index contributed by atoms with van der Waals surface area (Å²) in [5.41, 5.74) is 0.790. The van der Waals surface area contributed by atoms with Crippen molar-refractivity contribution < 1.29 is 18.7 Å². The van der Waals surface area contributed by atoms with E-state index in [1.54, 1.807) is 49.7 Å². The highest BCUT2D eigenvalue weighted by Crippen LogP contribution is 2.33. The fraction of sp³-hybridized carbons (Fsp3) is 0.292. The maximum Gasteiger partial charge on any atom is 0.413 e. The summed E-state index contributed by atoms with van der Waals surface area (Å²) in [6, 6.07) is 13.1. The molecule has 1 N–H and O–H groups in total. The Hall–Kier alpha value is -3.38. The van der Waals surface area contributed by atoms with Gasteiger partial charge < -0.3 is 9.47 Å². The number of benzene rings is 2. The number of aromatic nitrogens is 2. The molecular formula is C24H24BrFN4O3. The molecule has 0 aliphatic heterocycles. The lowest BCUT2D eigenvalue weighted by atomic mass is 10.1. The first kappa shape index (κ1) is 24.3. The lowest BCUT2D eigenvalue weighted by Crippen LogP contribution is -2.27. The molecule has 7 nitrogen and oxygen atoms in total. The molecule has 0 saturated heterocycles. The van der Waals surface area contributed by atoms with E-state index >= 15 is 0 Å². The van der Waals surface area contributed by atoms with Gasteiger partial charge in [0.2, 0.25) is 0 Å². The maximum absolute atomic E-state index is 14.4. The number of amides is 1. The van der Waals surface area contributed by atoms with Gasteiger partial charge in [-0.2, -0.15) is 5.26 Å². The number of hydrogen-bond donors (Lipinski definition) is 1. The number of nitriles is 1. The molecular weight excluding hydrogens is 491 g/mol. The summed E-state index contributed by atoms with van der Waals surface area (Å²) in [4.78, 5) is 12.3. The third-order valence-electron chi connectivity index (χ3n) is 4.24. The van der Waals surface area contributed by atoms with E-state index in [4.69, 9.17) is 14.7 Å². The van der Waals surface area contributed by atoms with Gasteiger partial charge in [-0.05, 0) is 65.0 Å². The highest BCUT2D eigenvalue weighted by atomic mass is 79.9. The Bertz CT molecular complexity index is 1230. The van der Waals surface area contributed by atoms with Gasteiger partial charge in [0, 0.05) is 16.1 Å². The van der Waals surface area contributed by atoms with E-state index in [9.17, 15) is 9.18 Å². The Morgan fingerprint density at radius 3 is 2.55 bits per heavy atom. The maximum atomic E-state index is 14.4. The topological polar surface area (TPSA) is 89.2 Å². The number of nitrogens with zero attached hydrogens (tertiary/aromatic N) is 3. The molecule has 172 valence electrons. The molecule has 33 heavy (non-hydrogen) atoms. The van der Waals surface area contributed by atoms with Gasteiger partial charge in [-0.3, -0.25) is 5.32 Å². The average Bonchev–Trinajstić information content (AvgIpc) is 3.09. The van der Waals surface area contributed by atoms with Gasteiger partial charge in [0.25, 0.3) is 0 Å². The van der Waals surface area contributed by atoms with Crippen LogP contribution in [-0.2, 0) is 4.74 Å². The molecule has 3 aromatic rings. The Balaban J connectivity index is 2.14. The number of rotatable bonds is 5. The Kier molecular flexibility index (Phi) is 7.08. The molecule has 9 heteroatoms. The molecule has 0 spiro atoms. The first-order valence-corrected chi connectivity index (χ1v) is 11.0. The van der Waals surface area contributed by atoms with Crippen molar-refractivity contribution in [1.29, 1.82) is 5.26 Å². The fourth-order valence-electron chi connectivity index (χ4n) is 3.02. The molecule has 2 aromatic carbocycles. The molecule has 0 unspecified atom stereocenters. The van der Waals surface area contributed by atoms with Crippen molar-refractivity contribution in [2.24, 2.45) is 0 Å². The Labute approximate surface area is 200 Å². The van der Waals surface area contributed by atoms with Gasteiger partial charge in [-0.15, -0.1) is 5.10 Å². The van der Waals surface area contributed by atoms with Crippen LogP contribution in [0.1, 0.15) is 40.2 Å². The molecule has 0 aliphatic carbocycles. The standard InChI is InChI=1S/C24H24BrFN4O3/c1-14(2)32-21-11-17(25)8-9-19(21)30-20(15-6-7-16(13-27)18(26)10-15)12-22(29-30)28-23(31)33-24(3,4)5/h6-12,14H,1-5H3,(H,28,29,31). The minimum absolute atomic E-state index is 0.0654. The number of carbonyl (C=O) groups excluding carboxylic acids is 1. The lowest BCUT2D eigenvalue weighted by molar-refractivity contribution is 0.0635. The Morgan fingerprint density at radius 1 is 1.21 bits per heavy atom. The van der Waals surface area contributed by atoms with Gasteiger partial charge in [0.1, 0.15) is 28.9 Å². The highest BCUT2D eigenvalue weighted by molar-refractivity contribution is 9.10. The fourth-order valence-corrected chi connectivity index (χ4v) is 3.36. The van der Waals surface area contributed by atoms with Crippen molar-refractivity contribution in [3.63, 3.8) is 0 Å². The van der Waals surface area contributed by atoms with Crippen molar-refractivity contribution in [2.45, 2.75) is 46.3 Å². The van der Waals surface area contributed by atoms with Crippen molar-refractivity contribution in [2.75, 3.05) is 5.32 Å². The predicted octanol–water partition coefficient (Wildman–Crippen LogP) is 6.45. The van der Waals surface area contributed by atoms with Gasteiger partial charge in [0.15, 0.2) is 5.82 Å². The molecule has 0 radical (unpaired) electrons. The zero-order valence-corrected chi connectivity index (χ0v) is 20.5. The van der Waals surface area contributed by atoms with Gasteiger partial charge in [-0.1, -0.05) is 22.0 Å². The zero-order valence-electron chi connectivity index (χ0n) is 18.9. The van der Waals surface area contributed by atoms with E-state index < -0.39 is 17.5 Å². The summed E-state index contributed by atoms with van der Waals surface area (Å²) in [5.74, 6) is 0.1000. The van der Waals surface area contributed by atoms with Gasteiger partial charge >= 0.3 is 6.09 Å². The van der Waals surface area contributed by atoms with E-state index in [-0.39, 0.29) is 17.5 Å². The van der Waals surface area contributed by atoms with Crippen LogP contribution in [0.3, 0.4) is 0 Å². The molecule has 0 saturated carbocycles. The van der Waals surface area contributed by atoms with Crippen molar-refractivity contribution in [3.05, 3.63) is 58.3 Å². The molecule has 0 aliphatic rings. The van der Waals surface area contributed by atoms with Crippen LogP contribution in [-0.4, -0.2) is 27.6 Å². The minimum Gasteiger partial charge on any atom is -0.489 e. The number of anilines is 1. The quantitative estimate of drug-likeness (QED) is 0.422. The zero-order chi connectivity index (χ0) is 24.3. The van der Waals surface area contributed by atoms with Crippen LogP contribution in [0.25, 0.3) is 16.9 Å². The summed E-state index contributed by atoms with van der Waals surface area (Å²) < 4.78 is 28.1. The molecule has 3 rings (SSSR count). The number of halogens is 2. The molecule has 0 fully saturated rings. The van der Waals surface area contributed by atoms with Crippen LogP contribution in [0.15, 0.2) is 46.9 Å². The molecule has 0 atom stereocenters. The van der Waals surface area contributed by atoms with Crippen molar-refractivity contribution in [1.82, 2.24) is 9.78 Å². The number of hydrogen-bond acceptors (Lipinski definition) is 5. The van der Waals surface area contributed by atoms with Crippen LogP contribution < -0.4 is 10.1 Å². The predicted molar refractivity (Wildman–Crippen MR) is 127 cm³/mol. The van der Waals surface area contributed by atoms with Crippen LogP contribution in [0, 0.1) is 17.1 Å². The number of nitrogens with one attached hydrogen (secondary N) is 1. The monoisotopic (exact) mass is 514 g/mol. The van der Waals surface area contributed by atoms with Crippen LogP contribution in [0.4, 0.5) is 15.0 Å². The summed E-state index contributed by atoms with van der Waals surface area (Å²) >= 11 is 3.45. The second-order valence-corrected chi connectivity index (χ2v) is 9.45. The smallest absolute Gasteiger partial charge is 0.413 e. The largest absolute Gasteiger partial charge is 0.489 e. The van der Waals surface area contributed by atoms with Crippen LogP contribution >= 0.6 is 15.9 Å². The molecule has 1 aromatic heterocycles. The van der Waals surface area contributed by atoms with E-state index in [0.29, 0.717) is 22.7 Å². The summed E-state index contributed by atoms with van der Waals surface area (Å²) in [7, 11) is 0. The SMILES string of the molecule is CC(C)Oc1cc(Br)ccc1-n1nc(NC(=O)OC(C)(C)C)cc1-c1ccc(C#N)c(F)c1. The molecule has 0 bridgehead atoms. The number of ether oxygens (including phenoxy) is 2. The van der Waals surface area contributed by atoms with Crippen molar-refractivity contribution in [3.8, 4) is 28.8 Å². The second kappa shape index (κ2) is 9.63. The molecule has 1 heterocycles. The lowest BCUT2D eigenvalue weighted by Gasteiger charge is -2.19. The second-order valence-electron chi connectivity index (χ2n) is 8.54. The number of carbonyl (C=O) groups is 1. The first-order valence-electron chi connectivity index (χ1n) is 10.2. The summed E-state index contributed by atoms with van der Waals surface area (Å²) in [6.07, 6.45) is -0.775. The normalized spacial score (nSPS) is 11.2. The van der Waals surface area contributed by atoms with Crippen molar-refractivity contribution >= 4 is 27.8 Å². The van der Waals surface area contributed by atoms with Gasteiger partial charge in [0.05, 0.1) is 17.4 Å². The van der Waals surface area contributed by atoms with E-state index in [1.807, 2.05) is 26.0 Å². The van der Waals surface area contributed by atoms with E-state index in [0.717, 1.165) is 4.47 Å². The minimum atomic E-state index is -0.685. The molecule has 1 amide bonds. The van der Waals surface area contributed by atoms with E-state index in [1.165, 1.54) is 12.1 Å². The van der Waals surface area contributed by atoms with E-state index in [2.05, 4.69) is 26.3 Å². The summed E-state index contributed by atoms with van der Waals surface area (Å²) in [6.45, 7) is 9.08. The average molecular weight is 515 g/mol. The first-order chi connectivity index (χ1) is 15.5. The summed E-state index contributed by atoms with van der Waals surface area (Å²) in [5, 5.41) is 16.2.